The van der Waals surface area contributed by atoms with E-state index in [0.29, 0.717) is 0 Å². The predicted molar refractivity (Wildman–Crippen MR) is 67.4 cm³/mol. The molecule has 0 aromatic carbocycles. The lowest BCUT2D eigenvalue weighted by Crippen LogP contribution is -2.35. The molecular formula is C13H20N2O2. The van der Waals surface area contributed by atoms with Crippen molar-refractivity contribution in [3.8, 4) is 5.75 Å². The number of rotatable bonds is 3. The summed E-state index contributed by atoms with van der Waals surface area (Å²) in [6.07, 6.45) is 4.43. The topological polar surface area (TPSA) is 43.4 Å². The minimum Gasteiger partial charge on any atom is -0.490 e. The van der Waals surface area contributed by atoms with Crippen molar-refractivity contribution in [2.24, 2.45) is 0 Å². The average molecular weight is 236 g/mol. The lowest BCUT2D eigenvalue weighted by Gasteiger charge is -2.32. The first-order valence-electron chi connectivity index (χ1n) is 6.13. The number of pyridine rings is 1. The highest BCUT2D eigenvalue weighted by Gasteiger charge is 2.25. The number of nitrogens with zero attached hydrogens (tertiary/aromatic N) is 1. The number of anilines is 1. The summed E-state index contributed by atoms with van der Waals surface area (Å²) in [4.78, 5) is 4.17. The Labute approximate surface area is 102 Å². The van der Waals surface area contributed by atoms with E-state index >= 15 is 0 Å². The van der Waals surface area contributed by atoms with Crippen LogP contribution in [0.25, 0.3) is 0 Å². The molecule has 1 fully saturated rings. The smallest absolute Gasteiger partial charge is 0.129 e. The molecule has 1 aromatic rings. The second-order valence-corrected chi connectivity index (χ2v) is 4.60. The van der Waals surface area contributed by atoms with E-state index in [0.717, 1.165) is 24.4 Å². The molecule has 0 radical (unpaired) electrons. The Hall–Kier alpha value is -1.29. The number of hydrogen-bond acceptors (Lipinski definition) is 4. The van der Waals surface area contributed by atoms with Crippen LogP contribution < -0.4 is 10.1 Å². The van der Waals surface area contributed by atoms with Crippen molar-refractivity contribution in [1.29, 1.82) is 0 Å². The fourth-order valence-corrected chi connectivity index (χ4v) is 2.25. The van der Waals surface area contributed by atoms with Crippen molar-refractivity contribution < 1.29 is 9.47 Å². The normalized spacial score (nSPS) is 28.8. The zero-order chi connectivity index (χ0) is 12.3. The molecule has 17 heavy (non-hydrogen) atoms. The van der Waals surface area contributed by atoms with E-state index in [2.05, 4.69) is 24.1 Å². The first-order chi connectivity index (χ1) is 8.17. The van der Waals surface area contributed by atoms with Crippen molar-refractivity contribution >= 4 is 5.82 Å². The van der Waals surface area contributed by atoms with Gasteiger partial charge in [-0.3, -0.25) is 0 Å². The zero-order valence-electron chi connectivity index (χ0n) is 10.6. The highest BCUT2D eigenvalue weighted by Crippen LogP contribution is 2.24. The molecular weight excluding hydrogens is 216 g/mol. The molecule has 1 saturated heterocycles. The summed E-state index contributed by atoms with van der Waals surface area (Å²) in [7, 11) is 1.85. The third-order valence-electron chi connectivity index (χ3n) is 2.94. The van der Waals surface area contributed by atoms with Gasteiger partial charge in [-0.25, -0.2) is 4.98 Å². The zero-order valence-corrected chi connectivity index (χ0v) is 10.6. The van der Waals surface area contributed by atoms with Gasteiger partial charge in [-0.2, -0.15) is 0 Å². The van der Waals surface area contributed by atoms with Crippen LogP contribution in [0.4, 0.5) is 5.82 Å². The van der Waals surface area contributed by atoms with E-state index < -0.39 is 0 Å². The summed E-state index contributed by atoms with van der Waals surface area (Å²) in [6.45, 7) is 4.19. The number of hydrogen-bond donors (Lipinski definition) is 1. The average Bonchev–Trinajstić information content (AvgIpc) is 2.28. The highest BCUT2D eigenvalue weighted by molar-refractivity contribution is 5.39. The van der Waals surface area contributed by atoms with Crippen molar-refractivity contribution in [3.05, 3.63) is 18.3 Å². The summed E-state index contributed by atoms with van der Waals surface area (Å²) in [5.41, 5.74) is 0. The van der Waals surface area contributed by atoms with Crippen LogP contribution in [0.15, 0.2) is 18.3 Å². The first kappa shape index (κ1) is 12.2. The van der Waals surface area contributed by atoms with Crippen molar-refractivity contribution in [3.63, 3.8) is 0 Å². The third kappa shape index (κ3) is 3.33. The van der Waals surface area contributed by atoms with Gasteiger partial charge in [0, 0.05) is 32.2 Å². The lowest BCUT2D eigenvalue weighted by atomic mass is 10.0. The summed E-state index contributed by atoms with van der Waals surface area (Å²) in [5.74, 6) is 1.70. The quantitative estimate of drug-likeness (QED) is 0.875. The van der Waals surface area contributed by atoms with E-state index in [-0.39, 0.29) is 18.3 Å². The number of nitrogens with one attached hydrogen (secondary N) is 1. The molecule has 0 bridgehead atoms. The summed E-state index contributed by atoms with van der Waals surface area (Å²) in [6, 6.07) is 3.82. The predicted octanol–water partition coefficient (Wildman–Crippen LogP) is 2.46. The van der Waals surface area contributed by atoms with Gasteiger partial charge in [-0.15, -0.1) is 0 Å². The van der Waals surface area contributed by atoms with E-state index in [4.69, 9.17) is 9.47 Å². The van der Waals surface area contributed by atoms with Crippen LogP contribution in [0.2, 0.25) is 0 Å². The fraction of sp³-hybridized carbons (Fsp3) is 0.615. The largest absolute Gasteiger partial charge is 0.490 e. The van der Waals surface area contributed by atoms with Gasteiger partial charge in [0.05, 0.1) is 12.2 Å². The molecule has 0 amide bonds. The molecule has 2 atom stereocenters. The van der Waals surface area contributed by atoms with Gasteiger partial charge in [0.1, 0.15) is 17.7 Å². The lowest BCUT2D eigenvalue weighted by molar-refractivity contribution is -0.0721. The highest BCUT2D eigenvalue weighted by atomic mass is 16.5. The maximum Gasteiger partial charge on any atom is 0.129 e. The van der Waals surface area contributed by atoms with Crippen LogP contribution in [0, 0.1) is 0 Å². The molecule has 0 spiro atoms. The van der Waals surface area contributed by atoms with Gasteiger partial charge in [-0.1, -0.05) is 0 Å². The fourth-order valence-electron chi connectivity index (χ4n) is 2.25. The molecule has 2 heterocycles. The molecule has 94 valence electrons. The monoisotopic (exact) mass is 236 g/mol. The van der Waals surface area contributed by atoms with E-state index in [1.165, 1.54) is 0 Å². The Morgan fingerprint density at radius 1 is 1.35 bits per heavy atom. The van der Waals surface area contributed by atoms with Crippen LogP contribution >= 0.6 is 0 Å². The van der Waals surface area contributed by atoms with Gasteiger partial charge in [0.2, 0.25) is 0 Å². The molecule has 0 saturated carbocycles. The van der Waals surface area contributed by atoms with Crippen LogP contribution in [-0.2, 0) is 4.74 Å². The molecule has 1 N–H and O–H groups in total. The van der Waals surface area contributed by atoms with Crippen LogP contribution in [-0.4, -0.2) is 30.3 Å². The Morgan fingerprint density at radius 2 is 2.06 bits per heavy atom. The van der Waals surface area contributed by atoms with Gasteiger partial charge in [0.15, 0.2) is 0 Å². The Kier molecular flexibility index (Phi) is 3.84. The minimum atomic E-state index is 0.237. The second-order valence-electron chi connectivity index (χ2n) is 4.60. The molecule has 0 aliphatic carbocycles. The molecule has 1 aromatic heterocycles. The Morgan fingerprint density at radius 3 is 2.71 bits per heavy atom. The van der Waals surface area contributed by atoms with Crippen LogP contribution in [0.5, 0.6) is 5.75 Å². The van der Waals surface area contributed by atoms with Crippen molar-refractivity contribution in [1.82, 2.24) is 4.98 Å². The third-order valence-corrected chi connectivity index (χ3v) is 2.94. The minimum absolute atomic E-state index is 0.237. The van der Waals surface area contributed by atoms with E-state index in [9.17, 15) is 0 Å². The Balaban J connectivity index is 1.99. The summed E-state index contributed by atoms with van der Waals surface area (Å²) < 4.78 is 11.7. The molecule has 4 nitrogen and oxygen atoms in total. The van der Waals surface area contributed by atoms with E-state index in [1.54, 1.807) is 6.20 Å². The van der Waals surface area contributed by atoms with Crippen molar-refractivity contribution in [2.75, 3.05) is 12.4 Å². The standard InChI is InChI=1S/C13H20N2O2/c1-9-6-12(7-10(2)16-9)17-11-4-5-15-13(8-11)14-3/h4-5,8-10,12H,6-7H2,1-3H3,(H,14,15). The molecule has 2 rings (SSSR count). The van der Waals surface area contributed by atoms with Gasteiger partial charge >= 0.3 is 0 Å². The maximum atomic E-state index is 5.98. The maximum absolute atomic E-state index is 5.98. The first-order valence-corrected chi connectivity index (χ1v) is 6.13. The summed E-state index contributed by atoms with van der Waals surface area (Å²) in [5, 5.41) is 3.01. The summed E-state index contributed by atoms with van der Waals surface area (Å²) >= 11 is 0. The Bertz CT molecular complexity index is 360. The molecule has 4 heteroatoms. The van der Waals surface area contributed by atoms with E-state index in [1.807, 2.05) is 19.2 Å². The molecule has 2 unspecified atom stereocenters. The molecule has 1 aliphatic heterocycles. The SMILES string of the molecule is CNc1cc(OC2CC(C)OC(C)C2)ccn1. The molecule has 1 aliphatic rings. The number of ether oxygens (including phenoxy) is 2. The van der Waals surface area contributed by atoms with Gasteiger partial charge in [-0.05, 0) is 19.9 Å². The van der Waals surface area contributed by atoms with Crippen molar-refractivity contribution in [2.45, 2.75) is 45.0 Å². The van der Waals surface area contributed by atoms with Gasteiger partial charge < -0.3 is 14.8 Å². The number of aromatic nitrogens is 1. The van der Waals surface area contributed by atoms with Gasteiger partial charge in [0.25, 0.3) is 0 Å². The van der Waals surface area contributed by atoms with Crippen LogP contribution in [0.3, 0.4) is 0 Å². The second kappa shape index (κ2) is 5.36. The van der Waals surface area contributed by atoms with Crippen LogP contribution in [0.1, 0.15) is 26.7 Å².